The van der Waals surface area contributed by atoms with Gasteiger partial charge in [0.2, 0.25) is 0 Å². The van der Waals surface area contributed by atoms with Gasteiger partial charge in [0.15, 0.2) is 0 Å². The largest absolute Gasteiger partial charge is 0.309 e. The van der Waals surface area contributed by atoms with Gasteiger partial charge in [-0.1, -0.05) is 111 Å². The Balaban J connectivity index is 1.46. The highest BCUT2D eigenvalue weighted by molar-refractivity contribution is 6.02. The molecule has 0 N–H and O–H groups in total. The summed E-state index contributed by atoms with van der Waals surface area (Å²) >= 11 is 0. The van der Waals surface area contributed by atoms with E-state index in [0.29, 0.717) is 5.92 Å². The lowest BCUT2D eigenvalue weighted by Crippen LogP contribution is -2.10. The topological polar surface area (TPSA) is 3.24 Å². The molecule has 5 aromatic carbocycles. The van der Waals surface area contributed by atoms with Gasteiger partial charge in [-0.3, -0.25) is 0 Å². The van der Waals surface area contributed by atoms with Gasteiger partial charge in [-0.05, 0) is 64.4 Å². The molecule has 170 valence electrons. The van der Waals surface area contributed by atoms with E-state index in [0.717, 1.165) is 12.1 Å². The Kier molecular flexibility index (Phi) is 5.47. The van der Waals surface area contributed by atoms with Crippen molar-refractivity contribution < 1.29 is 0 Å². The standard InChI is InChI=1S/C34H29N/c1-3-24(2)25-16-18-26(19-17-25)27-20-22-28(23-21-27)35-33-14-8-6-12-31(33)29-10-4-5-11-30(29)32-13-7-9-15-34(32)35/h4-24H,3H2,1-2H3. The van der Waals surface area contributed by atoms with E-state index in [1.807, 2.05) is 0 Å². The lowest BCUT2D eigenvalue weighted by atomic mass is 9.95. The van der Waals surface area contributed by atoms with E-state index in [9.17, 15) is 0 Å². The van der Waals surface area contributed by atoms with Crippen LogP contribution in [0.3, 0.4) is 0 Å². The number of anilines is 3. The first-order valence-electron chi connectivity index (χ1n) is 12.5. The van der Waals surface area contributed by atoms with Crippen LogP contribution in [0.15, 0.2) is 121 Å². The molecule has 0 fully saturated rings. The van der Waals surface area contributed by atoms with E-state index in [1.54, 1.807) is 0 Å². The van der Waals surface area contributed by atoms with Crippen LogP contribution in [-0.4, -0.2) is 0 Å². The van der Waals surface area contributed by atoms with Crippen LogP contribution in [0.4, 0.5) is 17.1 Å². The fourth-order valence-electron chi connectivity index (χ4n) is 5.20. The SMILES string of the molecule is CCC(C)c1ccc(-c2ccc(N3c4ccccc4-c4ccccc4-c4ccccc43)cc2)cc1. The van der Waals surface area contributed by atoms with Gasteiger partial charge < -0.3 is 4.90 Å². The number of benzene rings is 5. The van der Waals surface area contributed by atoms with Gasteiger partial charge in [0.05, 0.1) is 11.4 Å². The van der Waals surface area contributed by atoms with Crippen LogP contribution >= 0.6 is 0 Å². The van der Waals surface area contributed by atoms with E-state index >= 15 is 0 Å². The lowest BCUT2D eigenvalue weighted by Gasteiger charge is -2.27. The summed E-state index contributed by atoms with van der Waals surface area (Å²) in [6.45, 7) is 4.54. The molecule has 1 heterocycles. The zero-order valence-corrected chi connectivity index (χ0v) is 20.3. The molecule has 0 saturated carbocycles. The minimum Gasteiger partial charge on any atom is -0.309 e. The van der Waals surface area contributed by atoms with Crippen LogP contribution < -0.4 is 4.90 Å². The molecular weight excluding hydrogens is 422 g/mol. The molecule has 5 aromatic rings. The lowest BCUT2D eigenvalue weighted by molar-refractivity contribution is 0.734. The highest BCUT2D eigenvalue weighted by atomic mass is 15.1. The zero-order valence-electron chi connectivity index (χ0n) is 20.3. The van der Waals surface area contributed by atoms with Crippen molar-refractivity contribution in [3.8, 4) is 33.4 Å². The van der Waals surface area contributed by atoms with Gasteiger partial charge >= 0.3 is 0 Å². The van der Waals surface area contributed by atoms with Crippen LogP contribution in [0.5, 0.6) is 0 Å². The van der Waals surface area contributed by atoms with Crippen LogP contribution in [0.25, 0.3) is 33.4 Å². The second-order valence-electron chi connectivity index (χ2n) is 9.39. The Hall–Kier alpha value is -4.10. The number of fused-ring (bicyclic) bond motifs is 5. The maximum Gasteiger partial charge on any atom is 0.0540 e. The molecule has 1 atom stereocenters. The summed E-state index contributed by atoms with van der Waals surface area (Å²) in [6, 6.07) is 44.3. The molecule has 0 spiro atoms. The molecule has 1 aliphatic heterocycles. The second kappa shape index (κ2) is 8.92. The second-order valence-corrected chi connectivity index (χ2v) is 9.39. The van der Waals surface area contributed by atoms with Crippen molar-refractivity contribution in [2.45, 2.75) is 26.2 Å². The first-order valence-corrected chi connectivity index (χ1v) is 12.5. The Bertz CT molecular complexity index is 1410. The first kappa shape index (κ1) is 21.4. The van der Waals surface area contributed by atoms with Gasteiger partial charge in [0.1, 0.15) is 0 Å². The van der Waals surface area contributed by atoms with Crippen LogP contribution in [0.1, 0.15) is 31.7 Å². The van der Waals surface area contributed by atoms with E-state index in [1.165, 1.54) is 50.3 Å². The summed E-state index contributed by atoms with van der Waals surface area (Å²) in [6.07, 6.45) is 1.16. The summed E-state index contributed by atoms with van der Waals surface area (Å²) in [4.78, 5) is 2.40. The highest BCUT2D eigenvalue weighted by Gasteiger charge is 2.25. The smallest absolute Gasteiger partial charge is 0.0540 e. The molecule has 0 aliphatic carbocycles. The Morgan fingerprint density at radius 2 is 0.943 bits per heavy atom. The predicted octanol–water partition coefficient (Wildman–Crippen LogP) is 9.98. The molecule has 1 nitrogen and oxygen atoms in total. The highest BCUT2D eigenvalue weighted by Crippen LogP contribution is 2.50. The average molecular weight is 452 g/mol. The Morgan fingerprint density at radius 3 is 1.43 bits per heavy atom. The summed E-state index contributed by atoms with van der Waals surface area (Å²) in [5.74, 6) is 0.596. The van der Waals surface area contributed by atoms with E-state index in [2.05, 4.69) is 140 Å². The number of rotatable bonds is 4. The van der Waals surface area contributed by atoms with Crippen molar-refractivity contribution in [2.75, 3.05) is 4.90 Å². The quantitative estimate of drug-likeness (QED) is 0.258. The molecule has 1 unspecified atom stereocenters. The normalized spacial score (nSPS) is 12.8. The molecule has 1 aliphatic rings. The fraction of sp³-hybridized carbons (Fsp3) is 0.118. The molecule has 1 heteroatoms. The van der Waals surface area contributed by atoms with Gasteiger partial charge in [-0.25, -0.2) is 0 Å². The van der Waals surface area contributed by atoms with Crippen molar-refractivity contribution in [3.63, 3.8) is 0 Å². The third-order valence-electron chi connectivity index (χ3n) is 7.35. The molecule has 6 rings (SSSR count). The van der Waals surface area contributed by atoms with Crippen molar-refractivity contribution in [3.05, 3.63) is 127 Å². The third kappa shape index (κ3) is 3.74. The van der Waals surface area contributed by atoms with E-state index < -0.39 is 0 Å². The van der Waals surface area contributed by atoms with Crippen molar-refractivity contribution >= 4 is 17.1 Å². The van der Waals surface area contributed by atoms with E-state index in [-0.39, 0.29) is 0 Å². The minimum absolute atomic E-state index is 0.596. The third-order valence-corrected chi connectivity index (χ3v) is 7.35. The van der Waals surface area contributed by atoms with Crippen LogP contribution in [0, 0.1) is 0 Å². The summed E-state index contributed by atoms with van der Waals surface area (Å²) < 4.78 is 0. The monoisotopic (exact) mass is 451 g/mol. The summed E-state index contributed by atoms with van der Waals surface area (Å²) in [7, 11) is 0. The number of hydrogen-bond donors (Lipinski definition) is 0. The molecule has 35 heavy (non-hydrogen) atoms. The molecule has 0 radical (unpaired) electrons. The van der Waals surface area contributed by atoms with Crippen LogP contribution in [-0.2, 0) is 0 Å². The zero-order chi connectivity index (χ0) is 23.8. The number of hydrogen-bond acceptors (Lipinski definition) is 1. The van der Waals surface area contributed by atoms with Crippen molar-refractivity contribution in [1.29, 1.82) is 0 Å². The van der Waals surface area contributed by atoms with Gasteiger partial charge in [0.25, 0.3) is 0 Å². The maximum absolute atomic E-state index is 2.40. The van der Waals surface area contributed by atoms with Crippen LogP contribution in [0.2, 0.25) is 0 Å². The van der Waals surface area contributed by atoms with Gasteiger partial charge in [-0.2, -0.15) is 0 Å². The minimum atomic E-state index is 0.596. The van der Waals surface area contributed by atoms with Gasteiger partial charge in [-0.15, -0.1) is 0 Å². The Labute approximate surface area is 208 Å². The summed E-state index contributed by atoms with van der Waals surface area (Å²) in [5, 5.41) is 0. The van der Waals surface area contributed by atoms with Crippen molar-refractivity contribution in [2.24, 2.45) is 0 Å². The fourth-order valence-corrected chi connectivity index (χ4v) is 5.20. The molecular formula is C34H29N. The van der Waals surface area contributed by atoms with Gasteiger partial charge in [0, 0.05) is 16.8 Å². The Morgan fingerprint density at radius 1 is 0.514 bits per heavy atom. The first-order chi connectivity index (χ1) is 17.2. The molecule has 0 bridgehead atoms. The molecule has 0 aromatic heterocycles. The van der Waals surface area contributed by atoms with E-state index in [4.69, 9.17) is 0 Å². The maximum atomic E-state index is 2.40. The predicted molar refractivity (Wildman–Crippen MR) is 150 cm³/mol. The molecule has 0 saturated heterocycles. The molecule has 0 amide bonds. The number of nitrogens with zero attached hydrogens (tertiary/aromatic N) is 1. The van der Waals surface area contributed by atoms with Crippen molar-refractivity contribution in [1.82, 2.24) is 0 Å². The average Bonchev–Trinajstić information content (AvgIpc) is 3.06. The number of para-hydroxylation sites is 2. The summed E-state index contributed by atoms with van der Waals surface area (Å²) in [5.41, 5.74) is 12.5.